The summed E-state index contributed by atoms with van der Waals surface area (Å²) < 4.78 is 43.0. The number of urea groups is 1. The Labute approximate surface area is 263 Å². The third-order valence-corrected chi connectivity index (χ3v) is 7.30. The Morgan fingerprint density at radius 1 is 1.07 bits per heavy atom. The number of nitrogens with zero attached hydrogens (tertiary/aromatic N) is 2. The van der Waals surface area contributed by atoms with E-state index in [9.17, 15) is 23.6 Å². The summed E-state index contributed by atoms with van der Waals surface area (Å²) in [6.07, 6.45) is 3.12. The first-order valence-electron chi connectivity index (χ1n) is 13.8. The lowest BCUT2D eigenvalue weighted by Gasteiger charge is -2.21. The molecule has 1 saturated carbocycles. The zero-order chi connectivity index (χ0) is 31.8. The molecule has 0 spiro atoms. The minimum absolute atomic E-state index is 0.0475. The molecule has 4 rings (SSSR count). The molecule has 1 aromatic heterocycles. The van der Waals surface area contributed by atoms with E-state index in [-0.39, 0.29) is 33.5 Å². The number of amides is 2. The number of aromatic nitrogens is 1. The fourth-order valence-electron chi connectivity index (χ4n) is 4.12. The summed E-state index contributed by atoms with van der Waals surface area (Å²) in [7, 11) is 3.79. The molecule has 14 heteroatoms. The summed E-state index contributed by atoms with van der Waals surface area (Å²) in [6, 6.07) is 9.94. The Bertz CT molecular complexity index is 1430. The van der Waals surface area contributed by atoms with Crippen molar-refractivity contribution < 1.29 is 37.3 Å². The van der Waals surface area contributed by atoms with E-state index in [1.807, 2.05) is 19.0 Å². The number of carbonyl (C=O) groups excluding carboxylic acids is 2. The van der Waals surface area contributed by atoms with Crippen molar-refractivity contribution in [3.63, 3.8) is 0 Å². The van der Waals surface area contributed by atoms with Crippen molar-refractivity contribution in [2.24, 2.45) is 5.92 Å². The van der Waals surface area contributed by atoms with E-state index in [4.69, 9.17) is 32.7 Å². The molecule has 0 aliphatic heterocycles. The van der Waals surface area contributed by atoms with E-state index in [1.165, 1.54) is 30.3 Å². The SMILES string of the molecule is CN(C)CCNC(=O)Nc1ccc(C(=O)OC(Cc2c(Cl)c[n+]([O-])cc2Cl)c2ccc(OC(F)F)c(OCC3CC3)c2)cc1. The first-order chi connectivity index (χ1) is 21.0. The van der Waals surface area contributed by atoms with Crippen molar-refractivity contribution in [2.75, 3.05) is 39.1 Å². The fraction of sp³-hybridized carbons (Fsp3) is 0.367. The van der Waals surface area contributed by atoms with Gasteiger partial charge in [0.05, 0.1) is 12.2 Å². The highest BCUT2D eigenvalue weighted by Gasteiger charge is 2.27. The number of halogens is 4. The summed E-state index contributed by atoms with van der Waals surface area (Å²) in [6.45, 7) is -1.62. The van der Waals surface area contributed by atoms with Crippen molar-refractivity contribution in [3.8, 4) is 11.5 Å². The van der Waals surface area contributed by atoms with Crippen LogP contribution < -0.4 is 24.8 Å². The molecule has 0 saturated heterocycles. The number of esters is 1. The van der Waals surface area contributed by atoms with Gasteiger partial charge in [-0.05, 0) is 74.8 Å². The van der Waals surface area contributed by atoms with Crippen molar-refractivity contribution in [1.29, 1.82) is 0 Å². The van der Waals surface area contributed by atoms with Gasteiger partial charge in [0.15, 0.2) is 23.9 Å². The van der Waals surface area contributed by atoms with Gasteiger partial charge in [-0.1, -0.05) is 29.3 Å². The van der Waals surface area contributed by atoms with Crippen LogP contribution in [0.15, 0.2) is 54.9 Å². The van der Waals surface area contributed by atoms with Crippen LogP contribution in [0.25, 0.3) is 0 Å². The smallest absolute Gasteiger partial charge is 0.387 e. The van der Waals surface area contributed by atoms with Crippen molar-refractivity contribution in [2.45, 2.75) is 32.0 Å². The fourth-order valence-corrected chi connectivity index (χ4v) is 4.72. The van der Waals surface area contributed by atoms with Crippen molar-refractivity contribution in [1.82, 2.24) is 10.2 Å². The first-order valence-corrected chi connectivity index (χ1v) is 14.5. The van der Waals surface area contributed by atoms with E-state index in [0.29, 0.717) is 47.2 Å². The van der Waals surface area contributed by atoms with E-state index < -0.39 is 24.7 Å². The lowest BCUT2D eigenvalue weighted by Crippen LogP contribution is -2.34. The monoisotopic (exact) mass is 652 g/mol. The first kappa shape index (κ1) is 33.0. The lowest BCUT2D eigenvalue weighted by atomic mass is 10.0. The molecular formula is C30H32Cl2F2N4O6. The number of hydrogen-bond donors (Lipinski definition) is 2. The molecule has 44 heavy (non-hydrogen) atoms. The predicted octanol–water partition coefficient (Wildman–Crippen LogP) is 5.84. The summed E-state index contributed by atoms with van der Waals surface area (Å²) in [4.78, 5) is 27.4. The number of benzene rings is 2. The number of carbonyl (C=O) groups is 2. The number of pyridine rings is 1. The Morgan fingerprint density at radius 3 is 2.36 bits per heavy atom. The molecule has 2 N–H and O–H groups in total. The summed E-state index contributed by atoms with van der Waals surface area (Å²) in [5.74, 6) is -0.481. The van der Waals surface area contributed by atoms with E-state index in [0.717, 1.165) is 25.2 Å². The Balaban J connectivity index is 1.56. The Hall–Kier alpha value is -3.87. The highest BCUT2D eigenvalue weighted by atomic mass is 35.5. The largest absolute Gasteiger partial charge is 0.619 e. The standard InChI is InChI=1S/C30H32Cl2F2N4O6/c1-37(2)12-11-35-30(40)36-21-8-5-19(6-9-21)28(39)43-26(14-22-23(31)15-38(41)16-24(22)32)20-7-10-25(44-29(33)34)27(13-20)42-17-18-3-4-18/h5-10,13,15-16,18,26,29H,3-4,11-12,14,17H2,1-2H3,(H2,35,36,40). The Kier molecular flexibility index (Phi) is 11.4. The molecule has 2 aromatic carbocycles. The maximum Gasteiger partial charge on any atom is 0.387 e. The van der Waals surface area contributed by atoms with Crippen LogP contribution in [0.5, 0.6) is 11.5 Å². The van der Waals surface area contributed by atoms with Crippen molar-refractivity contribution >= 4 is 40.9 Å². The van der Waals surface area contributed by atoms with Gasteiger partial charge in [-0.25, -0.2) is 9.59 Å². The normalized spacial score (nSPS) is 13.5. The minimum atomic E-state index is -3.07. The zero-order valence-corrected chi connectivity index (χ0v) is 25.5. The highest BCUT2D eigenvalue weighted by molar-refractivity contribution is 6.35. The highest BCUT2D eigenvalue weighted by Crippen LogP contribution is 2.38. The quantitative estimate of drug-likeness (QED) is 0.128. The molecule has 1 heterocycles. The molecule has 236 valence electrons. The van der Waals surface area contributed by atoms with Gasteiger partial charge >= 0.3 is 18.6 Å². The van der Waals surface area contributed by atoms with Crippen LogP contribution in [-0.4, -0.2) is 57.3 Å². The number of ether oxygens (including phenoxy) is 3. The molecule has 1 aliphatic rings. The number of hydrogen-bond acceptors (Lipinski definition) is 7. The van der Waals surface area contributed by atoms with Gasteiger partial charge in [-0.15, -0.1) is 0 Å². The topological polar surface area (TPSA) is 116 Å². The maximum atomic E-state index is 13.3. The predicted molar refractivity (Wildman–Crippen MR) is 161 cm³/mol. The molecular weight excluding hydrogens is 621 g/mol. The van der Waals surface area contributed by atoms with Gasteiger partial charge in [0, 0.05) is 30.8 Å². The van der Waals surface area contributed by atoms with Gasteiger partial charge in [-0.3, -0.25) is 0 Å². The van der Waals surface area contributed by atoms with Gasteiger partial charge in [-0.2, -0.15) is 13.5 Å². The third kappa shape index (κ3) is 9.83. The van der Waals surface area contributed by atoms with E-state index >= 15 is 0 Å². The van der Waals surface area contributed by atoms with Crippen LogP contribution in [0.3, 0.4) is 0 Å². The van der Waals surface area contributed by atoms with Crippen LogP contribution in [0.2, 0.25) is 10.0 Å². The molecule has 1 atom stereocenters. The van der Waals surface area contributed by atoms with Gasteiger partial charge in [0.25, 0.3) is 0 Å². The maximum absolute atomic E-state index is 13.3. The summed E-state index contributed by atoms with van der Waals surface area (Å²) >= 11 is 12.6. The van der Waals surface area contributed by atoms with Gasteiger partial charge in [0.1, 0.15) is 16.1 Å². The second kappa shape index (κ2) is 15.2. The summed E-state index contributed by atoms with van der Waals surface area (Å²) in [5, 5.41) is 17.3. The van der Waals surface area contributed by atoms with E-state index in [2.05, 4.69) is 15.4 Å². The van der Waals surface area contributed by atoms with Crippen LogP contribution >= 0.6 is 23.2 Å². The molecule has 0 radical (unpaired) electrons. The van der Waals surface area contributed by atoms with Gasteiger partial charge in [0.2, 0.25) is 0 Å². The average molecular weight is 654 g/mol. The molecule has 10 nitrogen and oxygen atoms in total. The second-order valence-corrected chi connectivity index (χ2v) is 11.3. The van der Waals surface area contributed by atoms with Crippen LogP contribution in [0, 0.1) is 11.1 Å². The number of alkyl halides is 2. The molecule has 1 fully saturated rings. The summed E-state index contributed by atoms with van der Waals surface area (Å²) in [5.41, 5.74) is 1.37. The van der Waals surface area contributed by atoms with Crippen LogP contribution in [0.1, 0.15) is 40.4 Å². The molecule has 2 amide bonds. The molecule has 0 bridgehead atoms. The molecule has 1 aliphatic carbocycles. The number of rotatable bonds is 14. The number of anilines is 1. The third-order valence-electron chi connectivity index (χ3n) is 6.65. The molecule has 1 unspecified atom stereocenters. The van der Waals surface area contributed by atoms with Crippen LogP contribution in [0.4, 0.5) is 19.3 Å². The second-order valence-electron chi connectivity index (χ2n) is 10.5. The Morgan fingerprint density at radius 2 is 1.75 bits per heavy atom. The van der Waals surface area contributed by atoms with E-state index in [1.54, 1.807) is 12.1 Å². The zero-order valence-electron chi connectivity index (χ0n) is 24.0. The average Bonchev–Trinajstić information content (AvgIpc) is 3.78. The van der Waals surface area contributed by atoms with Crippen molar-refractivity contribution in [3.05, 3.63) is 86.8 Å². The van der Waals surface area contributed by atoms with Crippen LogP contribution in [-0.2, 0) is 11.2 Å². The minimum Gasteiger partial charge on any atom is -0.619 e. The lowest BCUT2D eigenvalue weighted by molar-refractivity contribution is -0.605. The number of nitrogens with one attached hydrogen (secondary N) is 2. The molecule has 3 aromatic rings. The van der Waals surface area contributed by atoms with Gasteiger partial charge < -0.3 is 35.0 Å². The number of likely N-dealkylation sites (N-methyl/N-ethyl adjacent to an activating group) is 1.